The first kappa shape index (κ1) is 16.0. The Balaban J connectivity index is 1.79. The van der Waals surface area contributed by atoms with Gasteiger partial charge >= 0.3 is 6.36 Å². The molecule has 0 atom stereocenters. The third kappa shape index (κ3) is 2.93. The average Bonchev–Trinajstić information content (AvgIpc) is 3.02. The Labute approximate surface area is 145 Å². The van der Waals surface area contributed by atoms with Gasteiger partial charge in [-0.3, -0.25) is 0 Å². The summed E-state index contributed by atoms with van der Waals surface area (Å²) in [5, 5.41) is 10.6. The summed E-state index contributed by atoms with van der Waals surface area (Å²) in [6.45, 7) is 0. The number of nitrogens with zero attached hydrogens (tertiary/aromatic N) is 2. The number of aromatic nitrogens is 2. The Morgan fingerprint density at radius 2 is 1.85 bits per heavy atom. The molecule has 0 radical (unpaired) electrons. The molecule has 2 heterocycles. The smallest absolute Gasteiger partial charge is 0.406 e. The van der Waals surface area contributed by atoms with Gasteiger partial charge in [-0.1, -0.05) is 18.2 Å². The first-order valence-corrected chi connectivity index (χ1v) is 7.62. The van der Waals surface area contributed by atoms with E-state index in [0.29, 0.717) is 33.4 Å². The number of alkyl halides is 3. The van der Waals surface area contributed by atoms with Crippen LogP contribution in [0.3, 0.4) is 0 Å². The van der Waals surface area contributed by atoms with Gasteiger partial charge in [-0.15, -0.1) is 13.2 Å². The Morgan fingerprint density at radius 1 is 1.00 bits per heavy atom. The molecule has 0 unspecified atom stereocenters. The third-order valence-corrected chi connectivity index (χ3v) is 3.94. The Bertz CT molecular complexity index is 1170. The molecular weight excluding hydrogens is 343 g/mol. The molecule has 0 aliphatic carbocycles. The second-order valence-corrected chi connectivity index (χ2v) is 5.67. The van der Waals surface area contributed by atoms with Crippen LogP contribution in [-0.4, -0.2) is 16.3 Å². The highest BCUT2D eigenvalue weighted by molar-refractivity contribution is 5.89. The summed E-state index contributed by atoms with van der Waals surface area (Å²) in [7, 11) is 0. The Morgan fingerprint density at radius 3 is 2.62 bits per heavy atom. The molecule has 0 spiro atoms. The number of halogens is 3. The highest BCUT2D eigenvalue weighted by Crippen LogP contribution is 2.30. The van der Waals surface area contributed by atoms with Crippen LogP contribution in [0.25, 0.3) is 33.2 Å². The van der Waals surface area contributed by atoms with Gasteiger partial charge in [0.05, 0.1) is 22.5 Å². The topological polar surface area (TPSA) is 61.7 Å². The highest BCUT2D eigenvalue weighted by Gasteiger charge is 2.31. The van der Waals surface area contributed by atoms with Gasteiger partial charge in [-0.2, -0.15) is 5.26 Å². The number of nitriles is 1. The lowest BCUT2D eigenvalue weighted by molar-refractivity contribution is -0.274. The molecule has 1 N–H and O–H groups in total. The van der Waals surface area contributed by atoms with E-state index in [4.69, 9.17) is 0 Å². The van der Waals surface area contributed by atoms with Gasteiger partial charge in [0.1, 0.15) is 11.8 Å². The van der Waals surface area contributed by atoms with Gasteiger partial charge in [-0.25, -0.2) is 4.98 Å². The lowest BCUT2D eigenvalue weighted by Crippen LogP contribution is -2.16. The fraction of sp³-hybridized carbons (Fsp3) is 0.0526. The molecule has 4 rings (SSSR count). The fourth-order valence-corrected chi connectivity index (χ4v) is 2.83. The molecule has 2 aromatic heterocycles. The normalized spacial score (nSPS) is 11.6. The molecule has 0 aliphatic rings. The summed E-state index contributed by atoms with van der Waals surface area (Å²) < 4.78 is 41.0. The molecule has 7 heteroatoms. The average molecular weight is 353 g/mol. The van der Waals surface area contributed by atoms with E-state index in [1.165, 1.54) is 18.2 Å². The van der Waals surface area contributed by atoms with Gasteiger partial charge in [0.15, 0.2) is 0 Å². The molecule has 0 fully saturated rings. The number of pyridine rings is 1. The maximum atomic E-state index is 12.4. The van der Waals surface area contributed by atoms with E-state index in [1.54, 1.807) is 24.3 Å². The van der Waals surface area contributed by atoms with E-state index < -0.39 is 6.36 Å². The Kier molecular flexibility index (Phi) is 3.55. The SMILES string of the molecule is N#Cc1cccc2ccc(-c3cc4cc(OC(F)(F)F)ccc4[nH]3)nc12. The van der Waals surface area contributed by atoms with Crippen LogP contribution in [0, 0.1) is 11.3 Å². The van der Waals surface area contributed by atoms with Gasteiger partial charge in [0.25, 0.3) is 0 Å². The molecule has 26 heavy (non-hydrogen) atoms. The molecule has 4 aromatic rings. The third-order valence-electron chi connectivity index (χ3n) is 3.94. The predicted molar refractivity (Wildman–Crippen MR) is 90.4 cm³/mol. The van der Waals surface area contributed by atoms with Crippen LogP contribution < -0.4 is 4.74 Å². The lowest BCUT2D eigenvalue weighted by atomic mass is 10.1. The second-order valence-electron chi connectivity index (χ2n) is 5.67. The summed E-state index contributed by atoms with van der Waals surface area (Å²) in [6, 6.07) is 16.9. The number of H-pyrrole nitrogens is 1. The number of ether oxygens (including phenoxy) is 1. The first-order valence-electron chi connectivity index (χ1n) is 7.62. The van der Waals surface area contributed by atoms with Crippen molar-refractivity contribution in [3.05, 3.63) is 60.2 Å². The van der Waals surface area contributed by atoms with Gasteiger partial charge in [0, 0.05) is 16.3 Å². The van der Waals surface area contributed by atoms with Crippen LogP contribution in [0.2, 0.25) is 0 Å². The lowest BCUT2D eigenvalue weighted by Gasteiger charge is -2.08. The largest absolute Gasteiger partial charge is 0.573 e. The zero-order valence-electron chi connectivity index (χ0n) is 13.1. The molecule has 128 valence electrons. The standard InChI is InChI=1S/C19H10F3N3O/c20-19(21,22)26-14-5-7-15-13(8-14)9-17(24-15)16-6-4-11-2-1-3-12(10-23)18(11)25-16/h1-9,24H. The number of fused-ring (bicyclic) bond motifs is 2. The number of benzene rings is 2. The van der Waals surface area contributed by atoms with Crippen molar-refractivity contribution in [2.24, 2.45) is 0 Å². The van der Waals surface area contributed by atoms with Gasteiger partial charge < -0.3 is 9.72 Å². The van der Waals surface area contributed by atoms with Crippen molar-refractivity contribution in [3.8, 4) is 23.2 Å². The summed E-state index contributed by atoms with van der Waals surface area (Å²) in [6.07, 6.45) is -4.74. The van der Waals surface area contributed by atoms with Crippen molar-refractivity contribution in [1.82, 2.24) is 9.97 Å². The van der Waals surface area contributed by atoms with E-state index >= 15 is 0 Å². The molecule has 2 aromatic carbocycles. The van der Waals surface area contributed by atoms with Crippen LogP contribution in [0.5, 0.6) is 5.75 Å². The van der Waals surface area contributed by atoms with Crippen LogP contribution >= 0.6 is 0 Å². The maximum Gasteiger partial charge on any atom is 0.573 e. The molecule has 0 saturated carbocycles. The van der Waals surface area contributed by atoms with Crippen molar-refractivity contribution in [2.75, 3.05) is 0 Å². The molecule has 0 aliphatic heterocycles. The summed E-state index contributed by atoms with van der Waals surface area (Å²) in [4.78, 5) is 7.65. The maximum absolute atomic E-state index is 12.4. The Hall–Kier alpha value is -3.53. The molecular formula is C19H10F3N3O. The van der Waals surface area contributed by atoms with E-state index in [-0.39, 0.29) is 5.75 Å². The molecule has 0 saturated heterocycles. The van der Waals surface area contributed by atoms with Crippen molar-refractivity contribution in [3.63, 3.8) is 0 Å². The second kappa shape index (κ2) is 5.77. The zero-order chi connectivity index (χ0) is 18.3. The molecule has 0 bridgehead atoms. The minimum atomic E-state index is -4.74. The fourth-order valence-electron chi connectivity index (χ4n) is 2.83. The summed E-state index contributed by atoms with van der Waals surface area (Å²) in [5.74, 6) is -0.284. The molecule has 4 nitrogen and oxygen atoms in total. The van der Waals surface area contributed by atoms with E-state index in [0.717, 1.165) is 5.39 Å². The number of rotatable bonds is 2. The number of aromatic amines is 1. The summed E-state index contributed by atoms with van der Waals surface area (Å²) in [5.41, 5.74) is 2.92. The number of nitrogens with one attached hydrogen (secondary N) is 1. The van der Waals surface area contributed by atoms with Crippen molar-refractivity contribution >= 4 is 21.8 Å². The summed E-state index contributed by atoms with van der Waals surface area (Å²) >= 11 is 0. The van der Waals surface area contributed by atoms with E-state index in [2.05, 4.69) is 20.8 Å². The molecule has 0 amide bonds. The predicted octanol–water partition coefficient (Wildman–Crippen LogP) is 5.15. The quantitative estimate of drug-likeness (QED) is 0.542. The van der Waals surface area contributed by atoms with Crippen LogP contribution in [0.15, 0.2) is 54.6 Å². The minimum absolute atomic E-state index is 0.284. The van der Waals surface area contributed by atoms with Crippen LogP contribution in [0.1, 0.15) is 5.56 Å². The van der Waals surface area contributed by atoms with Crippen LogP contribution in [0.4, 0.5) is 13.2 Å². The number of para-hydroxylation sites is 1. The first-order chi connectivity index (χ1) is 12.4. The number of hydrogen-bond donors (Lipinski definition) is 1. The van der Waals surface area contributed by atoms with E-state index in [9.17, 15) is 18.4 Å². The monoisotopic (exact) mass is 353 g/mol. The van der Waals surface area contributed by atoms with Gasteiger partial charge in [-0.05, 0) is 36.4 Å². The van der Waals surface area contributed by atoms with Crippen molar-refractivity contribution in [2.45, 2.75) is 6.36 Å². The zero-order valence-corrected chi connectivity index (χ0v) is 13.1. The van der Waals surface area contributed by atoms with E-state index in [1.807, 2.05) is 12.1 Å². The van der Waals surface area contributed by atoms with Gasteiger partial charge in [0.2, 0.25) is 0 Å². The van der Waals surface area contributed by atoms with Crippen molar-refractivity contribution < 1.29 is 17.9 Å². The number of hydrogen-bond acceptors (Lipinski definition) is 3. The minimum Gasteiger partial charge on any atom is -0.406 e. The highest BCUT2D eigenvalue weighted by atomic mass is 19.4. The van der Waals surface area contributed by atoms with Crippen molar-refractivity contribution in [1.29, 1.82) is 5.26 Å². The van der Waals surface area contributed by atoms with Crippen LogP contribution in [-0.2, 0) is 0 Å².